The quantitative estimate of drug-likeness (QED) is 0.755. The molecule has 2 aromatic carbocycles. The summed E-state index contributed by atoms with van der Waals surface area (Å²) in [4.78, 5) is 0. The van der Waals surface area contributed by atoms with Gasteiger partial charge in [0.15, 0.2) is 0 Å². The Balaban J connectivity index is 2.04. The largest absolute Gasteiger partial charge is 0.297 e. The van der Waals surface area contributed by atoms with Crippen molar-refractivity contribution in [1.82, 2.24) is 5.32 Å². The molecule has 2 atom stereocenters. The van der Waals surface area contributed by atoms with Crippen molar-refractivity contribution in [3.05, 3.63) is 69.7 Å². The first-order valence-corrected chi connectivity index (χ1v) is 6.72. The molecule has 0 unspecified atom stereocenters. The molecule has 0 spiro atoms. The Labute approximate surface area is 112 Å². The van der Waals surface area contributed by atoms with Crippen LogP contribution >= 0.6 is 11.6 Å². The predicted octanol–water partition coefficient (Wildman–Crippen LogP) is 3.80. The molecule has 0 saturated heterocycles. The van der Waals surface area contributed by atoms with Crippen molar-refractivity contribution in [2.45, 2.75) is 24.9 Å². The maximum absolute atomic E-state index is 6.17. The molecule has 0 amide bonds. The zero-order valence-electron chi connectivity index (χ0n) is 10.2. The van der Waals surface area contributed by atoms with Crippen LogP contribution < -0.4 is 5.32 Å². The van der Waals surface area contributed by atoms with Gasteiger partial charge in [-0.1, -0.05) is 41.9 Å². The summed E-state index contributed by atoms with van der Waals surface area (Å²) in [6, 6.07) is 15.5. The second-order valence-corrected chi connectivity index (χ2v) is 5.85. The molecule has 1 nitrogen and oxygen atoms in total. The van der Waals surface area contributed by atoms with Gasteiger partial charge < -0.3 is 0 Å². The van der Waals surface area contributed by atoms with Crippen LogP contribution in [0.5, 0.6) is 0 Å². The zero-order valence-corrected chi connectivity index (χ0v) is 11.0. The van der Waals surface area contributed by atoms with E-state index in [0.717, 1.165) is 11.4 Å². The fourth-order valence-electron chi connectivity index (χ4n) is 3.56. The van der Waals surface area contributed by atoms with Crippen molar-refractivity contribution in [1.29, 1.82) is 0 Å². The van der Waals surface area contributed by atoms with E-state index >= 15 is 0 Å². The van der Waals surface area contributed by atoms with Crippen molar-refractivity contribution in [2.75, 3.05) is 0 Å². The lowest BCUT2D eigenvalue weighted by molar-refractivity contribution is 0.389. The summed E-state index contributed by atoms with van der Waals surface area (Å²) in [6.45, 7) is 2.26. The first-order chi connectivity index (χ1) is 8.68. The fourth-order valence-corrected chi connectivity index (χ4v) is 3.73. The second-order valence-electron chi connectivity index (χ2n) is 5.41. The third-order valence-corrected chi connectivity index (χ3v) is 4.61. The highest BCUT2D eigenvalue weighted by atomic mass is 35.5. The normalized spacial score (nSPS) is 27.8. The van der Waals surface area contributed by atoms with Gasteiger partial charge >= 0.3 is 0 Å². The van der Waals surface area contributed by atoms with Gasteiger partial charge in [0.2, 0.25) is 0 Å². The second kappa shape index (κ2) is 3.37. The Morgan fingerprint density at radius 2 is 2.00 bits per heavy atom. The summed E-state index contributed by atoms with van der Waals surface area (Å²) in [5.74, 6) is 0. The highest BCUT2D eigenvalue weighted by Crippen LogP contribution is 2.48. The molecule has 18 heavy (non-hydrogen) atoms. The molecule has 1 N–H and O–H groups in total. The van der Waals surface area contributed by atoms with Crippen LogP contribution in [-0.2, 0) is 12.0 Å². The topological polar surface area (TPSA) is 12.0 Å². The average molecular weight is 256 g/mol. The van der Waals surface area contributed by atoms with Crippen molar-refractivity contribution in [3.63, 3.8) is 0 Å². The number of nitrogens with one attached hydrogen (secondary N) is 1. The van der Waals surface area contributed by atoms with Crippen LogP contribution in [-0.4, -0.2) is 0 Å². The molecule has 2 heterocycles. The van der Waals surface area contributed by atoms with Crippen LogP contribution in [0.1, 0.15) is 35.2 Å². The van der Waals surface area contributed by atoms with Crippen LogP contribution in [0.4, 0.5) is 0 Å². The van der Waals surface area contributed by atoms with Crippen molar-refractivity contribution in [2.24, 2.45) is 0 Å². The van der Waals surface area contributed by atoms with E-state index in [2.05, 4.69) is 48.6 Å². The molecule has 0 fully saturated rings. The Morgan fingerprint density at radius 1 is 1.17 bits per heavy atom. The molecule has 90 valence electrons. The number of hydrogen-bond donors (Lipinski definition) is 1. The molecule has 0 aliphatic carbocycles. The number of fused-ring (bicyclic) bond motifs is 7. The molecule has 2 aliphatic rings. The highest BCUT2D eigenvalue weighted by molar-refractivity contribution is 6.30. The van der Waals surface area contributed by atoms with Gasteiger partial charge in [-0.15, -0.1) is 0 Å². The summed E-state index contributed by atoms with van der Waals surface area (Å²) in [5, 5.41) is 4.58. The molecular weight excluding hydrogens is 242 g/mol. The van der Waals surface area contributed by atoms with Gasteiger partial charge in [0.1, 0.15) is 0 Å². The molecule has 0 saturated carbocycles. The van der Waals surface area contributed by atoms with Crippen molar-refractivity contribution >= 4 is 11.6 Å². The Bertz CT molecular complexity index is 649. The molecule has 4 rings (SSSR count). The number of hydrogen-bond acceptors (Lipinski definition) is 1. The lowest BCUT2D eigenvalue weighted by atomic mass is 9.82. The SMILES string of the molecule is C[C@]12N[C@H](Cc3ccc(Cl)cc31)c1ccccc12. The summed E-state index contributed by atoms with van der Waals surface area (Å²) < 4.78 is 0. The monoisotopic (exact) mass is 255 g/mol. The zero-order chi connectivity index (χ0) is 12.3. The molecule has 0 aromatic heterocycles. The first kappa shape index (κ1) is 10.6. The van der Waals surface area contributed by atoms with Gasteiger partial charge in [0, 0.05) is 11.1 Å². The Morgan fingerprint density at radius 3 is 2.89 bits per heavy atom. The van der Waals surface area contributed by atoms with Gasteiger partial charge in [-0.3, -0.25) is 5.32 Å². The maximum Gasteiger partial charge on any atom is 0.0673 e. The number of rotatable bonds is 0. The fraction of sp³-hybridized carbons (Fsp3) is 0.250. The summed E-state index contributed by atoms with van der Waals surface area (Å²) in [7, 11) is 0. The van der Waals surface area contributed by atoms with E-state index in [1.807, 2.05) is 6.07 Å². The average Bonchev–Trinajstić information content (AvgIpc) is 2.62. The third-order valence-electron chi connectivity index (χ3n) is 4.37. The lowest BCUT2D eigenvalue weighted by Crippen LogP contribution is -2.41. The maximum atomic E-state index is 6.17. The van der Waals surface area contributed by atoms with Crippen LogP contribution in [0.15, 0.2) is 42.5 Å². The summed E-state index contributed by atoms with van der Waals surface area (Å²) in [5.41, 5.74) is 5.50. The molecule has 0 radical (unpaired) electrons. The summed E-state index contributed by atoms with van der Waals surface area (Å²) in [6.07, 6.45) is 1.05. The highest BCUT2D eigenvalue weighted by Gasteiger charge is 2.45. The first-order valence-electron chi connectivity index (χ1n) is 6.34. The van der Waals surface area contributed by atoms with Crippen LogP contribution in [0, 0.1) is 0 Å². The minimum Gasteiger partial charge on any atom is -0.297 e. The van der Waals surface area contributed by atoms with E-state index in [0.29, 0.717) is 6.04 Å². The van der Waals surface area contributed by atoms with Crippen LogP contribution in [0.25, 0.3) is 0 Å². The number of benzene rings is 2. The van der Waals surface area contributed by atoms with E-state index in [9.17, 15) is 0 Å². The van der Waals surface area contributed by atoms with Gasteiger partial charge in [0.25, 0.3) is 0 Å². The van der Waals surface area contributed by atoms with E-state index in [4.69, 9.17) is 11.6 Å². The molecule has 2 aliphatic heterocycles. The van der Waals surface area contributed by atoms with Gasteiger partial charge in [0.05, 0.1) is 5.54 Å². The third kappa shape index (κ3) is 1.21. The van der Waals surface area contributed by atoms with Crippen molar-refractivity contribution in [3.8, 4) is 0 Å². The standard InChI is InChI=1S/C16H14ClN/c1-16-13-5-3-2-4-12(13)15(18-16)8-10-6-7-11(17)9-14(10)16/h2-7,9,15,18H,8H2,1H3/t15-,16-/m1/s1. The predicted molar refractivity (Wildman–Crippen MR) is 73.9 cm³/mol. The van der Waals surface area contributed by atoms with Gasteiger partial charge in [-0.05, 0) is 47.7 Å². The van der Waals surface area contributed by atoms with E-state index in [1.165, 1.54) is 22.3 Å². The smallest absolute Gasteiger partial charge is 0.0673 e. The molecule has 2 heteroatoms. The van der Waals surface area contributed by atoms with Crippen molar-refractivity contribution < 1.29 is 0 Å². The minimum absolute atomic E-state index is 0.0836. The molecule has 2 aromatic rings. The van der Waals surface area contributed by atoms with Crippen LogP contribution in [0.2, 0.25) is 5.02 Å². The Hall–Kier alpha value is -1.31. The van der Waals surface area contributed by atoms with Gasteiger partial charge in [-0.25, -0.2) is 0 Å². The molecular formula is C16H14ClN. The lowest BCUT2D eigenvalue weighted by Gasteiger charge is -2.34. The van der Waals surface area contributed by atoms with Gasteiger partial charge in [-0.2, -0.15) is 0 Å². The molecule has 2 bridgehead atoms. The van der Waals surface area contributed by atoms with E-state index in [1.54, 1.807) is 0 Å². The number of halogens is 1. The summed E-state index contributed by atoms with van der Waals surface area (Å²) >= 11 is 6.17. The Kier molecular flexibility index (Phi) is 1.98. The van der Waals surface area contributed by atoms with E-state index < -0.39 is 0 Å². The minimum atomic E-state index is -0.0836. The van der Waals surface area contributed by atoms with E-state index in [-0.39, 0.29) is 5.54 Å². The van der Waals surface area contributed by atoms with Crippen LogP contribution in [0.3, 0.4) is 0 Å².